The largest absolute Gasteiger partial charge is 0.493 e. The highest BCUT2D eigenvalue weighted by molar-refractivity contribution is 5.96. The van der Waals surface area contributed by atoms with E-state index in [1.165, 1.54) is 22.7 Å². The Morgan fingerprint density at radius 3 is 2.21 bits per heavy atom. The molecule has 180 valence electrons. The first-order valence-corrected chi connectivity index (χ1v) is 9.64. The molecule has 0 aliphatic carbocycles. The van der Waals surface area contributed by atoms with Crippen molar-refractivity contribution in [2.45, 2.75) is 24.4 Å². The fourth-order valence-corrected chi connectivity index (χ4v) is 3.44. The van der Waals surface area contributed by atoms with Crippen LogP contribution in [0.1, 0.15) is 11.4 Å². The lowest BCUT2D eigenvalue weighted by Gasteiger charge is -2.32. The van der Waals surface area contributed by atoms with Crippen molar-refractivity contribution in [2.24, 2.45) is 0 Å². The Morgan fingerprint density at radius 1 is 0.941 bits per heavy atom. The van der Waals surface area contributed by atoms with Gasteiger partial charge in [0.15, 0.2) is 11.5 Å². The first-order valence-electron chi connectivity index (χ1n) is 9.64. The number of nitrogens with two attached hydrogens (primary N) is 1. The molecule has 0 fully saturated rings. The molecule has 0 aliphatic heterocycles. The van der Waals surface area contributed by atoms with Crippen LogP contribution in [0, 0.1) is 5.82 Å². The van der Waals surface area contributed by atoms with Crippen molar-refractivity contribution in [3.05, 3.63) is 65.7 Å². The number of hydrogen-bond donors (Lipinski definition) is 2. The molecular formula is C21H15F7N4O2. The summed E-state index contributed by atoms with van der Waals surface area (Å²) in [5, 5.41) is 14.4. The Kier molecular flexibility index (Phi) is 5.55. The number of rotatable bonds is 5. The average molecular weight is 488 g/mol. The number of halogens is 7. The van der Waals surface area contributed by atoms with Crippen LogP contribution in [0.25, 0.3) is 16.4 Å². The van der Waals surface area contributed by atoms with Crippen molar-refractivity contribution >= 4 is 22.2 Å². The molecule has 2 aromatic heterocycles. The van der Waals surface area contributed by atoms with Gasteiger partial charge >= 0.3 is 12.4 Å². The van der Waals surface area contributed by atoms with Crippen LogP contribution in [-0.2, 0) is 12.0 Å². The van der Waals surface area contributed by atoms with Gasteiger partial charge < -0.3 is 15.6 Å². The minimum absolute atomic E-state index is 0.0359. The quantitative estimate of drug-likeness (QED) is 0.403. The van der Waals surface area contributed by atoms with Crippen LogP contribution in [0.5, 0.6) is 5.75 Å². The van der Waals surface area contributed by atoms with Gasteiger partial charge in [0.2, 0.25) is 0 Å². The maximum atomic E-state index is 14.1. The van der Waals surface area contributed by atoms with Gasteiger partial charge in [0.25, 0.3) is 5.60 Å². The number of benzene rings is 2. The second-order valence-corrected chi connectivity index (χ2v) is 7.36. The normalized spacial score (nSPS) is 13.1. The van der Waals surface area contributed by atoms with Gasteiger partial charge in [-0.1, -0.05) is 24.3 Å². The van der Waals surface area contributed by atoms with Crippen LogP contribution in [0.3, 0.4) is 0 Å². The fourth-order valence-electron chi connectivity index (χ4n) is 3.44. The summed E-state index contributed by atoms with van der Waals surface area (Å²) in [6.45, 7) is -0.0781. The lowest BCUT2D eigenvalue weighted by Crippen LogP contribution is -2.53. The molecule has 0 bridgehead atoms. The molecule has 2 heterocycles. The highest BCUT2D eigenvalue weighted by Crippen LogP contribution is 2.50. The number of anilines is 1. The van der Waals surface area contributed by atoms with Crippen LogP contribution in [0.4, 0.5) is 36.6 Å². The molecule has 3 N–H and O–H groups in total. The molecule has 0 atom stereocenters. The summed E-state index contributed by atoms with van der Waals surface area (Å²) in [5.41, 5.74) is -0.176. The Labute approximate surface area is 186 Å². The second kappa shape index (κ2) is 8.01. The summed E-state index contributed by atoms with van der Waals surface area (Å²) in [6.07, 6.45) is -11.8. The van der Waals surface area contributed by atoms with Gasteiger partial charge in [0.05, 0.1) is 6.61 Å². The number of fused-ring (bicyclic) bond motifs is 3. The zero-order valence-electron chi connectivity index (χ0n) is 17.0. The Balaban J connectivity index is 1.50. The zero-order valence-corrected chi connectivity index (χ0v) is 17.0. The number of ether oxygens (including phenoxy) is 1. The van der Waals surface area contributed by atoms with Crippen molar-refractivity contribution in [1.29, 1.82) is 0 Å². The van der Waals surface area contributed by atoms with Crippen molar-refractivity contribution < 1.29 is 40.6 Å². The first kappa shape index (κ1) is 23.5. The van der Waals surface area contributed by atoms with E-state index in [9.17, 15) is 35.8 Å². The number of nitrogens with zero attached hydrogens (tertiary/aromatic N) is 3. The number of nitrogen functional groups attached to an aromatic ring is 1. The molecule has 0 spiro atoms. The molecule has 2 aromatic carbocycles. The van der Waals surface area contributed by atoms with E-state index < -0.39 is 29.3 Å². The average Bonchev–Trinajstić information content (AvgIpc) is 3.18. The number of alkyl halides is 6. The minimum Gasteiger partial charge on any atom is -0.493 e. The molecule has 0 aliphatic rings. The van der Waals surface area contributed by atoms with E-state index in [-0.39, 0.29) is 35.8 Å². The summed E-state index contributed by atoms with van der Waals surface area (Å²) in [5.74, 6) is -0.106. The van der Waals surface area contributed by atoms with E-state index in [1.807, 2.05) is 0 Å². The standard InChI is InChI=1S/C21H15F7N4O2/c22-15-3-1-2-13-14(15)10-16(29)32-18(13)30-17(31-32)8-9-34-12-6-4-11(5-7-12)19(33,20(23,24)25)21(26,27)28/h1-7,10,33H,8-9,29H2. The van der Waals surface area contributed by atoms with E-state index >= 15 is 0 Å². The molecule has 0 unspecified atom stereocenters. The molecular weight excluding hydrogens is 473 g/mol. The number of aromatic nitrogens is 3. The van der Waals surface area contributed by atoms with Gasteiger partial charge in [-0.25, -0.2) is 9.37 Å². The number of aliphatic hydroxyl groups is 1. The summed E-state index contributed by atoms with van der Waals surface area (Å²) >= 11 is 0. The number of pyridine rings is 1. The fraction of sp³-hybridized carbons (Fsp3) is 0.238. The summed E-state index contributed by atoms with van der Waals surface area (Å²) in [4.78, 5) is 4.32. The van der Waals surface area contributed by atoms with E-state index in [4.69, 9.17) is 10.5 Å². The highest BCUT2D eigenvalue weighted by Gasteiger charge is 2.71. The summed E-state index contributed by atoms with van der Waals surface area (Å²) in [7, 11) is 0. The molecule has 0 radical (unpaired) electrons. The second-order valence-electron chi connectivity index (χ2n) is 7.36. The highest BCUT2D eigenvalue weighted by atomic mass is 19.4. The summed E-state index contributed by atoms with van der Waals surface area (Å²) in [6, 6.07) is 8.57. The maximum Gasteiger partial charge on any atom is 0.430 e. The van der Waals surface area contributed by atoms with E-state index in [0.717, 1.165) is 12.1 Å². The van der Waals surface area contributed by atoms with Crippen LogP contribution in [0.15, 0.2) is 48.5 Å². The lowest BCUT2D eigenvalue weighted by atomic mass is 9.92. The maximum absolute atomic E-state index is 14.1. The molecule has 4 aromatic rings. The number of hydrogen-bond acceptors (Lipinski definition) is 5. The van der Waals surface area contributed by atoms with Gasteiger partial charge in [0.1, 0.15) is 17.4 Å². The predicted octanol–water partition coefficient (Wildman–Crippen LogP) is 4.54. The van der Waals surface area contributed by atoms with Crippen molar-refractivity contribution in [3.63, 3.8) is 0 Å². The monoisotopic (exact) mass is 488 g/mol. The van der Waals surface area contributed by atoms with Gasteiger partial charge in [-0.3, -0.25) is 0 Å². The zero-order chi connectivity index (χ0) is 24.9. The van der Waals surface area contributed by atoms with Crippen LogP contribution >= 0.6 is 0 Å². The molecule has 34 heavy (non-hydrogen) atoms. The molecule has 0 saturated carbocycles. The SMILES string of the molecule is Nc1cc2c(F)cccc2c2nc(CCOc3ccc(C(O)(C(F)(F)F)C(F)(F)F)cc3)nn12. The smallest absolute Gasteiger partial charge is 0.430 e. The van der Waals surface area contributed by atoms with Crippen LogP contribution in [-0.4, -0.2) is 38.7 Å². The van der Waals surface area contributed by atoms with Gasteiger partial charge in [-0.15, -0.1) is 5.10 Å². The lowest BCUT2D eigenvalue weighted by molar-refractivity contribution is -0.376. The van der Waals surface area contributed by atoms with Crippen molar-refractivity contribution in [2.75, 3.05) is 12.3 Å². The molecule has 0 amide bonds. The first-order chi connectivity index (χ1) is 15.8. The summed E-state index contributed by atoms with van der Waals surface area (Å²) < 4.78 is 98.5. The molecule has 6 nitrogen and oxygen atoms in total. The van der Waals surface area contributed by atoms with Gasteiger partial charge in [0, 0.05) is 22.8 Å². The van der Waals surface area contributed by atoms with E-state index in [2.05, 4.69) is 10.1 Å². The van der Waals surface area contributed by atoms with Crippen LogP contribution < -0.4 is 10.5 Å². The third kappa shape index (κ3) is 3.85. The third-order valence-corrected chi connectivity index (χ3v) is 5.17. The molecule has 4 rings (SSSR count). The Morgan fingerprint density at radius 2 is 1.59 bits per heavy atom. The topological polar surface area (TPSA) is 85.7 Å². The minimum atomic E-state index is -5.97. The Hall–Kier alpha value is -3.61. The Bertz CT molecular complexity index is 1330. The third-order valence-electron chi connectivity index (χ3n) is 5.17. The molecule has 13 heteroatoms. The van der Waals surface area contributed by atoms with Crippen molar-refractivity contribution in [1.82, 2.24) is 14.6 Å². The van der Waals surface area contributed by atoms with Crippen molar-refractivity contribution in [3.8, 4) is 5.75 Å². The van der Waals surface area contributed by atoms with E-state index in [0.29, 0.717) is 23.2 Å². The van der Waals surface area contributed by atoms with Crippen LogP contribution in [0.2, 0.25) is 0 Å². The molecule has 0 saturated heterocycles. The van der Waals surface area contributed by atoms with Gasteiger partial charge in [-0.2, -0.15) is 30.9 Å². The van der Waals surface area contributed by atoms with Gasteiger partial charge in [-0.05, 0) is 24.3 Å². The van der Waals surface area contributed by atoms with E-state index in [1.54, 1.807) is 6.07 Å². The predicted molar refractivity (Wildman–Crippen MR) is 107 cm³/mol.